The Kier molecular flexibility index (Phi) is 5.67. The summed E-state index contributed by atoms with van der Waals surface area (Å²) in [6.45, 7) is 4.40. The van der Waals surface area contributed by atoms with Gasteiger partial charge in [0.1, 0.15) is 0 Å². The van der Waals surface area contributed by atoms with Crippen LogP contribution in [-0.2, 0) is 14.3 Å². The zero-order valence-electron chi connectivity index (χ0n) is 12.3. The van der Waals surface area contributed by atoms with Crippen LogP contribution >= 0.6 is 23.2 Å². The van der Waals surface area contributed by atoms with E-state index >= 15 is 0 Å². The van der Waals surface area contributed by atoms with Crippen LogP contribution in [0.3, 0.4) is 0 Å². The topological polar surface area (TPSA) is 55.8 Å². The Balaban J connectivity index is 1.95. The van der Waals surface area contributed by atoms with Gasteiger partial charge in [0.2, 0.25) is 0 Å². The molecule has 120 valence electrons. The zero-order valence-corrected chi connectivity index (χ0v) is 13.9. The molecule has 0 aliphatic carbocycles. The molecular weight excluding hydrogens is 329 g/mol. The van der Waals surface area contributed by atoms with Crippen LogP contribution in [-0.4, -0.2) is 48.7 Å². The molecular formula is C15H17Cl2NO4. The quantitative estimate of drug-likeness (QED) is 0.790. The Bertz CT molecular complexity index is 548. The second-order valence-electron chi connectivity index (χ2n) is 5.23. The molecule has 5 nitrogen and oxygen atoms in total. The fraction of sp³-hybridized carbons (Fsp3) is 0.467. The Morgan fingerprint density at radius 2 is 1.77 bits per heavy atom. The summed E-state index contributed by atoms with van der Waals surface area (Å²) in [5.41, 5.74) is 0.0716. The minimum atomic E-state index is -0.710. The lowest BCUT2D eigenvalue weighted by molar-refractivity contribution is -0.146. The van der Waals surface area contributed by atoms with E-state index in [2.05, 4.69) is 0 Å². The number of amides is 1. The van der Waals surface area contributed by atoms with Crippen LogP contribution < -0.4 is 0 Å². The average Bonchev–Trinajstić information content (AvgIpc) is 2.43. The molecule has 1 aliphatic heterocycles. The van der Waals surface area contributed by atoms with Crippen molar-refractivity contribution in [3.05, 3.63) is 33.8 Å². The molecule has 1 aromatic carbocycles. The zero-order chi connectivity index (χ0) is 16.3. The normalized spacial score (nSPS) is 21.5. The second kappa shape index (κ2) is 7.31. The molecule has 1 saturated heterocycles. The van der Waals surface area contributed by atoms with Gasteiger partial charge in [0.15, 0.2) is 6.61 Å². The highest BCUT2D eigenvalue weighted by Gasteiger charge is 2.27. The predicted octanol–water partition coefficient (Wildman–Crippen LogP) is 2.79. The molecule has 1 aliphatic rings. The number of morpholine rings is 1. The molecule has 0 radical (unpaired) electrons. The summed E-state index contributed by atoms with van der Waals surface area (Å²) < 4.78 is 10.6. The van der Waals surface area contributed by atoms with Gasteiger partial charge in [0.05, 0.1) is 27.8 Å². The van der Waals surface area contributed by atoms with Crippen molar-refractivity contribution in [1.29, 1.82) is 0 Å². The van der Waals surface area contributed by atoms with Crippen LogP contribution in [0.25, 0.3) is 0 Å². The van der Waals surface area contributed by atoms with E-state index in [-0.39, 0.29) is 40.3 Å². The summed E-state index contributed by atoms with van der Waals surface area (Å²) in [7, 11) is 0. The van der Waals surface area contributed by atoms with Crippen molar-refractivity contribution in [3.63, 3.8) is 0 Å². The van der Waals surface area contributed by atoms with Crippen LogP contribution in [0.1, 0.15) is 24.2 Å². The molecule has 0 saturated carbocycles. The molecule has 1 amide bonds. The third kappa shape index (κ3) is 4.12. The van der Waals surface area contributed by atoms with E-state index in [0.29, 0.717) is 13.1 Å². The summed E-state index contributed by atoms with van der Waals surface area (Å²) in [6, 6.07) is 4.71. The number of ether oxygens (including phenoxy) is 2. The fourth-order valence-corrected chi connectivity index (χ4v) is 2.92. The van der Waals surface area contributed by atoms with Gasteiger partial charge < -0.3 is 14.4 Å². The van der Waals surface area contributed by atoms with Crippen LogP contribution in [0.15, 0.2) is 18.2 Å². The largest absolute Gasteiger partial charge is 0.452 e. The maximum atomic E-state index is 12.1. The van der Waals surface area contributed by atoms with E-state index in [9.17, 15) is 9.59 Å². The number of hydrogen-bond donors (Lipinski definition) is 0. The highest BCUT2D eigenvalue weighted by molar-refractivity contribution is 6.39. The summed E-state index contributed by atoms with van der Waals surface area (Å²) in [5, 5.41) is 0.386. The lowest BCUT2D eigenvalue weighted by Crippen LogP contribution is -2.49. The third-order valence-corrected chi connectivity index (χ3v) is 3.90. The lowest BCUT2D eigenvalue weighted by Gasteiger charge is -2.35. The number of carbonyl (C=O) groups is 2. The highest BCUT2D eigenvalue weighted by Crippen LogP contribution is 2.25. The molecule has 2 atom stereocenters. The number of benzene rings is 1. The Labute approximate surface area is 139 Å². The lowest BCUT2D eigenvalue weighted by atomic mass is 10.2. The number of hydrogen-bond acceptors (Lipinski definition) is 4. The van der Waals surface area contributed by atoms with Crippen molar-refractivity contribution in [2.24, 2.45) is 0 Å². The first-order chi connectivity index (χ1) is 10.4. The maximum Gasteiger partial charge on any atom is 0.341 e. The Morgan fingerprint density at radius 1 is 1.23 bits per heavy atom. The van der Waals surface area contributed by atoms with Crippen molar-refractivity contribution < 1.29 is 19.1 Å². The summed E-state index contributed by atoms with van der Waals surface area (Å²) in [5.74, 6) is -0.975. The third-order valence-electron chi connectivity index (χ3n) is 3.27. The summed E-state index contributed by atoms with van der Waals surface area (Å²) in [6.07, 6.45) is -0.0807. The van der Waals surface area contributed by atoms with Crippen LogP contribution in [0, 0.1) is 0 Å². The van der Waals surface area contributed by atoms with Crippen LogP contribution in [0.2, 0.25) is 10.0 Å². The number of esters is 1. The number of carbonyl (C=O) groups excluding carboxylic acids is 2. The standard InChI is InChI=1S/C15H17Cl2NO4/c1-9-6-18(7-10(2)22-9)13(19)8-21-15(20)14-11(16)4-3-5-12(14)17/h3-5,9-10H,6-8H2,1-2H3/t9-,10+. The Hall–Kier alpha value is -1.30. The predicted molar refractivity (Wildman–Crippen MR) is 83.3 cm³/mol. The van der Waals surface area contributed by atoms with Gasteiger partial charge in [-0.05, 0) is 26.0 Å². The van der Waals surface area contributed by atoms with Gasteiger partial charge in [0, 0.05) is 13.1 Å². The van der Waals surface area contributed by atoms with Crippen molar-refractivity contribution in [2.75, 3.05) is 19.7 Å². The van der Waals surface area contributed by atoms with E-state index in [1.807, 2.05) is 13.8 Å². The van der Waals surface area contributed by atoms with Gasteiger partial charge >= 0.3 is 5.97 Å². The van der Waals surface area contributed by atoms with E-state index in [1.165, 1.54) is 12.1 Å². The number of rotatable bonds is 3. The van der Waals surface area contributed by atoms with E-state index < -0.39 is 5.97 Å². The minimum Gasteiger partial charge on any atom is -0.452 e. The first-order valence-corrected chi connectivity index (χ1v) is 7.68. The van der Waals surface area contributed by atoms with Crippen LogP contribution in [0.5, 0.6) is 0 Å². The van der Waals surface area contributed by atoms with E-state index in [4.69, 9.17) is 32.7 Å². The molecule has 0 bridgehead atoms. The molecule has 1 heterocycles. The number of nitrogens with zero attached hydrogens (tertiary/aromatic N) is 1. The molecule has 0 spiro atoms. The molecule has 0 aromatic heterocycles. The molecule has 1 aromatic rings. The molecule has 0 N–H and O–H groups in total. The maximum absolute atomic E-state index is 12.1. The monoisotopic (exact) mass is 345 g/mol. The molecule has 1 fully saturated rings. The molecule has 7 heteroatoms. The SMILES string of the molecule is C[C@@H]1CN(C(=O)COC(=O)c2c(Cl)cccc2Cl)C[C@H](C)O1. The van der Waals surface area contributed by atoms with E-state index in [0.717, 1.165) is 0 Å². The summed E-state index contributed by atoms with van der Waals surface area (Å²) in [4.78, 5) is 25.8. The van der Waals surface area contributed by atoms with Crippen molar-refractivity contribution in [3.8, 4) is 0 Å². The van der Waals surface area contributed by atoms with Crippen molar-refractivity contribution in [2.45, 2.75) is 26.1 Å². The van der Waals surface area contributed by atoms with Gasteiger partial charge in [-0.1, -0.05) is 29.3 Å². The average molecular weight is 346 g/mol. The molecule has 2 rings (SSSR count). The smallest absolute Gasteiger partial charge is 0.341 e. The highest BCUT2D eigenvalue weighted by atomic mass is 35.5. The van der Waals surface area contributed by atoms with Crippen LogP contribution in [0.4, 0.5) is 0 Å². The van der Waals surface area contributed by atoms with Gasteiger partial charge in [-0.2, -0.15) is 0 Å². The summed E-state index contributed by atoms with van der Waals surface area (Å²) >= 11 is 11.9. The fourth-order valence-electron chi connectivity index (χ4n) is 2.37. The minimum absolute atomic E-state index is 0.0404. The first-order valence-electron chi connectivity index (χ1n) is 6.93. The van der Waals surface area contributed by atoms with E-state index in [1.54, 1.807) is 11.0 Å². The van der Waals surface area contributed by atoms with Gasteiger partial charge in [0.25, 0.3) is 5.91 Å². The molecule has 0 unspecified atom stereocenters. The van der Waals surface area contributed by atoms with Crippen molar-refractivity contribution in [1.82, 2.24) is 4.90 Å². The number of halogens is 2. The van der Waals surface area contributed by atoms with Gasteiger partial charge in [-0.25, -0.2) is 4.79 Å². The van der Waals surface area contributed by atoms with Crippen molar-refractivity contribution >= 4 is 35.1 Å². The Morgan fingerprint density at radius 3 is 2.32 bits per heavy atom. The first kappa shape index (κ1) is 17.1. The molecule has 22 heavy (non-hydrogen) atoms. The second-order valence-corrected chi connectivity index (χ2v) is 6.04. The van der Waals surface area contributed by atoms with Gasteiger partial charge in [-0.15, -0.1) is 0 Å². The van der Waals surface area contributed by atoms with Gasteiger partial charge in [-0.3, -0.25) is 4.79 Å².